The molecular formula is C27H24F3N3O6. The highest BCUT2D eigenvalue weighted by Crippen LogP contribution is 2.40. The maximum Gasteiger partial charge on any atom is 0.416 e. The molecule has 0 bridgehead atoms. The second-order valence-corrected chi connectivity index (χ2v) is 8.44. The largest absolute Gasteiger partial charge is 0.493 e. The first-order valence-corrected chi connectivity index (χ1v) is 11.6. The molecule has 1 atom stereocenters. The molecule has 1 aliphatic rings. The number of rotatable bonds is 7. The zero-order valence-corrected chi connectivity index (χ0v) is 21.1. The maximum absolute atomic E-state index is 13.9. The summed E-state index contributed by atoms with van der Waals surface area (Å²) < 4.78 is 55.3. The third-order valence-corrected chi connectivity index (χ3v) is 6.02. The number of ether oxygens (including phenoxy) is 3. The standard InChI is InChI=1S/C27H24F3N3O6/c1-37-21-11-15(12-22(38-2)24(21)39-3)26(36)33-19-10-5-4-9-18(19)32-25(35)20(33)14-23(34)31-17-8-6-7-16(13-17)27(28,29)30/h4-13,20H,14H2,1-3H3,(H,31,34)(H,32,35)/t20-/m1/s1. The predicted molar refractivity (Wildman–Crippen MR) is 136 cm³/mol. The van der Waals surface area contributed by atoms with Gasteiger partial charge in [-0.3, -0.25) is 19.3 Å². The average Bonchev–Trinajstić information content (AvgIpc) is 2.91. The molecule has 3 amide bonds. The summed E-state index contributed by atoms with van der Waals surface area (Å²) in [5.41, 5.74) is -0.291. The molecule has 0 saturated heterocycles. The Balaban J connectivity index is 1.69. The molecule has 0 radical (unpaired) electrons. The van der Waals surface area contributed by atoms with Gasteiger partial charge in [0, 0.05) is 11.3 Å². The van der Waals surface area contributed by atoms with E-state index in [-0.39, 0.29) is 28.5 Å². The molecule has 3 aromatic rings. The Morgan fingerprint density at radius 3 is 2.23 bits per heavy atom. The van der Waals surface area contributed by atoms with Gasteiger partial charge in [0.25, 0.3) is 5.91 Å². The summed E-state index contributed by atoms with van der Waals surface area (Å²) >= 11 is 0. The van der Waals surface area contributed by atoms with E-state index < -0.39 is 41.9 Å². The van der Waals surface area contributed by atoms with E-state index in [2.05, 4.69) is 10.6 Å². The van der Waals surface area contributed by atoms with Crippen molar-refractivity contribution in [3.05, 3.63) is 71.8 Å². The number of nitrogens with zero attached hydrogens (tertiary/aromatic N) is 1. The van der Waals surface area contributed by atoms with Gasteiger partial charge in [0.15, 0.2) is 11.5 Å². The Labute approximate surface area is 221 Å². The van der Waals surface area contributed by atoms with Crippen molar-refractivity contribution in [2.45, 2.75) is 18.6 Å². The highest BCUT2D eigenvalue weighted by Gasteiger charge is 2.39. The van der Waals surface area contributed by atoms with Crippen LogP contribution >= 0.6 is 0 Å². The number of para-hydroxylation sites is 2. The molecule has 12 heteroatoms. The van der Waals surface area contributed by atoms with Gasteiger partial charge in [0.2, 0.25) is 17.6 Å². The lowest BCUT2D eigenvalue weighted by Crippen LogP contribution is -2.52. The van der Waals surface area contributed by atoms with Gasteiger partial charge in [-0.15, -0.1) is 0 Å². The van der Waals surface area contributed by atoms with E-state index in [0.29, 0.717) is 11.4 Å². The summed E-state index contributed by atoms with van der Waals surface area (Å²) in [7, 11) is 4.18. The van der Waals surface area contributed by atoms with Crippen LogP contribution in [0.5, 0.6) is 17.2 Å². The molecule has 1 aliphatic heterocycles. The van der Waals surface area contributed by atoms with Gasteiger partial charge in [-0.1, -0.05) is 18.2 Å². The number of carbonyl (C=O) groups excluding carboxylic acids is 3. The number of alkyl halides is 3. The summed E-state index contributed by atoms with van der Waals surface area (Å²) in [6.07, 6.45) is -5.13. The van der Waals surface area contributed by atoms with Crippen LogP contribution in [0.3, 0.4) is 0 Å². The molecule has 1 heterocycles. The summed E-state index contributed by atoms with van der Waals surface area (Å²) in [4.78, 5) is 41.1. The van der Waals surface area contributed by atoms with Gasteiger partial charge in [0.1, 0.15) is 6.04 Å². The van der Waals surface area contributed by atoms with E-state index in [1.54, 1.807) is 24.3 Å². The van der Waals surface area contributed by atoms with E-state index >= 15 is 0 Å². The molecule has 0 fully saturated rings. The minimum absolute atomic E-state index is 0.0808. The Hall–Kier alpha value is -4.74. The second kappa shape index (κ2) is 10.9. The molecule has 204 valence electrons. The zero-order chi connectivity index (χ0) is 28.3. The van der Waals surface area contributed by atoms with Crippen molar-refractivity contribution >= 4 is 34.8 Å². The first kappa shape index (κ1) is 27.3. The van der Waals surface area contributed by atoms with Crippen molar-refractivity contribution in [2.75, 3.05) is 36.9 Å². The van der Waals surface area contributed by atoms with Crippen molar-refractivity contribution in [3.63, 3.8) is 0 Å². The number of carbonyl (C=O) groups is 3. The zero-order valence-electron chi connectivity index (χ0n) is 21.1. The molecule has 0 unspecified atom stereocenters. The lowest BCUT2D eigenvalue weighted by molar-refractivity contribution is -0.137. The van der Waals surface area contributed by atoms with Gasteiger partial charge in [-0.2, -0.15) is 13.2 Å². The Morgan fingerprint density at radius 2 is 1.62 bits per heavy atom. The van der Waals surface area contributed by atoms with Gasteiger partial charge in [0.05, 0.1) is 44.7 Å². The normalized spacial score (nSPS) is 14.7. The maximum atomic E-state index is 13.9. The Bertz CT molecular complexity index is 1400. The first-order chi connectivity index (χ1) is 18.6. The molecule has 2 N–H and O–H groups in total. The number of halogens is 3. The van der Waals surface area contributed by atoms with Crippen molar-refractivity contribution in [1.82, 2.24) is 0 Å². The fourth-order valence-corrected chi connectivity index (χ4v) is 4.23. The minimum Gasteiger partial charge on any atom is -0.493 e. The molecule has 9 nitrogen and oxygen atoms in total. The third kappa shape index (κ3) is 5.59. The average molecular weight is 543 g/mol. The van der Waals surface area contributed by atoms with Gasteiger partial charge < -0.3 is 24.8 Å². The van der Waals surface area contributed by atoms with Crippen LogP contribution in [0.2, 0.25) is 0 Å². The minimum atomic E-state index is -4.60. The molecule has 0 saturated carbocycles. The van der Waals surface area contributed by atoms with E-state index in [0.717, 1.165) is 18.2 Å². The molecule has 0 aliphatic carbocycles. The van der Waals surface area contributed by atoms with Gasteiger partial charge >= 0.3 is 6.18 Å². The number of hydrogen-bond donors (Lipinski definition) is 2. The summed E-state index contributed by atoms with van der Waals surface area (Å²) in [6, 6.07) is 12.1. The van der Waals surface area contributed by atoms with Crippen molar-refractivity contribution in [2.24, 2.45) is 0 Å². The predicted octanol–water partition coefficient (Wildman–Crippen LogP) is 4.73. The van der Waals surface area contributed by atoms with Crippen LogP contribution in [-0.2, 0) is 15.8 Å². The fourth-order valence-electron chi connectivity index (χ4n) is 4.23. The molecular weight excluding hydrogens is 519 g/mol. The highest BCUT2D eigenvalue weighted by molar-refractivity contribution is 6.18. The molecule has 39 heavy (non-hydrogen) atoms. The SMILES string of the molecule is COc1cc(C(=O)N2c3ccccc3NC(=O)[C@H]2CC(=O)Nc2cccc(C(F)(F)F)c2)cc(OC)c1OC. The van der Waals surface area contributed by atoms with Crippen molar-refractivity contribution < 1.29 is 41.8 Å². The summed E-state index contributed by atoms with van der Waals surface area (Å²) in [6.45, 7) is 0. The fraction of sp³-hybridized carbons (Fsp3) is 0.222. The molecule has 4 rings (SSSR count). The van der Waals surface area contributed by atoms with Crippen molar-refractivity contribution in [3.8, 4) is 17.2 Å². The van der Waals surface area contributed by atoms with E-state index in [9.17, 15) is 27.6 Å². The Morgan fingerprint density at radius 1 is 0.949 bits per heavy atom. The van der Waals surface area contributed by atoms with Crippen LogP contribution in [0.4, 0.5) is 30.2 Å². The number of methoxy groups -OCH3 is 3. The lowest BCUT2D eigenvalue weighted by atomic mass is 10.0. The molecule has 0 spiro atoms. The van der Waals surface area contributed by atoms with Crippen LogP contribution in [0.15, 0.2) is 60.7 Å². The van der Waals surface area contributed by atoms with Crippen LogP contribution in [0, 0.1) is 0 Å². The highest BCUT2D eigenvalue weighted by atomic mass is 19.4. The number of anilines is 3. The number of fused-ring (bicyclic) bond motifs is 1. The van der Waals surface area contributed by atoms with Gasteiger partial charge in [-0.25, -0.2) is 0 Å². The van der Waals surface area contributed by atoms with Crippen LogP contribution in [0.1, 0.15) is 22.3 Å². The quantitative estimate of drug-likeness (QED) is 0.447. The monoisotopic (exact) mass is 543 g/mol. The van der Waals surface area contributed by atoms with Crippen molar-refractivity contribution in [1.29, 1.82) is 0 Å². The topological polar surface area (TPSA) is 106 Å². The Kier molecular flexibility index (Phi) is 7.65. The van der Waals surface area contributed by atoms with Gasteiger partial charge in [-0.05, 0) is 42.5 Å². The van der Waals surface area contributed by atoms with E-state index in [1.165, 1.54) is 44.4 Å². The number of nitrogens with one attached hydrogen (secondary N) is 2. The lowest BCUT2D eigenvalue weighted by Gasteiger charge is -2.36. The second-order valence-electron chi connectivity index (χ2n) is 8.44. The third-order valence-electron chi connectivity index (χ3n) is 6.02. The first-order valence-electron chi connectivity index (χ1n) is 11.6. The van der Waals surface area contributed by atoms with Crippen LogP contribution < -0.4 is 29.7 Å². The van der Waals surface area contributed by atoms with E-state index in [1.807, 2.05) is 0 Å². The molecule has 3 aromatic carbocycles. The summed E-state index contributed by atoms with van der Waals surface area (Å²) in [5.74, 6) is -1.40. The molecule has 0 aromatic heterocycles. The number of hydrogen-bond acceptors (Lipinski definition) is 6. The van der Waals surface area contributed by atoms with Crippen LogP contribution in [0.25, 0.3) is 0 Å². The van der Waals surface area contributed by atoms with Crippen LogP contribution in [-0.4, -0.2) is 45.1 Å². The smallest absolute Gasteiger partial charge is 0.416 e. The number of benzene rings is 3. The number of amides is 3. The summed E-state index contributed by atoms with van der Waals surface area (Å²) in [5, 5.41) is 5.06. The van der Waals surface area contributed by atoms with E-state index in [4.69, 9.17) is 14.2 Å².